The topological polar surface area (TPSA) is 0 Å². The van der Waals surface area contributed by atoms with Crippen LogP contribution >= 0.6 is 0 Å². The Labute approximate surface area is 151 Å². The predicted molar refractivity (Wildman–Crippen MR) is 96.7 cm³/mol. The molecule has 0 atom stereocenters. The standard InChI is InChI=1S/C13H9.C5H5.C4H10.Hf/c1-3-7-12-10(5-1)9-11-6-2-4-8-13(11)12;1-2-4-5-3-1;1-3-4-2;/h1-5,7-8H,9H2;1-3H,4H2;3-4H2,1-2H3;. The third kappa shape index (κ3) is 3.83. The molecular weight excluding hydrogens is 443 g/mol. The van der Waals surface area contributed by atoms with Gasteiger partial charge in [0.1, 0.15) is 0 Å². The maximum absolute atomic E-state index is 2.38. The minimum absolute atomic E-state index is 0.822. The van der Waals surface area contributed by atoms with Crippen molar-refractivity contribution in [1.29, 1.82) is 0 Å². The van der Waals surface area contributed by atoms with Gasteiger partial charge in [-0.1, -0.05) is 26.7 Å². The summed E-state index contributed by atoms with van der Waals surface area (Å²) in [5.41, 5.74) is 6.08. The Kier molecular flexibility index (Phi) is 5.83. The summed E-state index contributed by atoms with van der Waals surface area (Å²) in [6.07, 6.45) is 11.9. The van der Waals surface area contributed by atoms with Crippen molar-refractivity contribution in [3.63, 3.8) is 0 Å². The Morgan fingerprint density at radius 1 is 0.913 bits per heavy atom. The van der Waals surface area contributed by atoms with Gasteiger partial charge in [-0.3, -0.25) is 0 Å². The molecule has 0 unspecified atom stereocenters. The fourth-order valence-electron chi connectivity index (χ4n) is 2.99. The van der Waals surface area contributed by atoms with Crippen LogP contribution in [0.25, 0.3) is 11.1 Å². The zero-order valence-electron chi connectivity index (χ0n) is 14.1. The number of rotatable bonds is 3. The van der Waals surface area contributed by atoms with Crippen LogP contribution in [0.5, 0.6) is 0 Å². The van der Waals surface area contributed by atoms with Gasteiger partial charge in [-0.05, 0) is 0 Å². The molecule has 0 aromatic heterocycles. The summed E-state index contributed by atoms with van der Waals surface area (Å²) >= 11 is -0.822. The van der Waals surface area contributed by atoms with Gasteiger partial charge in [-0.2, -0.15) is 0 Å². The van der Waals surface area contributed by atoms with Crippen LogP contribution < -0.4 is 3.32 Å². The zero-order valence-corrected chi connectivity index (χ0v) is 17.7. The summed E-state index contributed by atoms with van der Waals surface area (Å²) in [4.78, 5) is 0. The molecule has 116 valence electrons. The van der Waals surface area contributed by atoms with Gasteiger partial charge >= 0.3 is 125 Å². The van der Waals surface area contributed by atoms with Crippen LogP contribution in [0.3, 0.4) is 0 Å². The first kappa shape index (κ1) is 16.6. The summed E-state index contributed by atoms with van der Waals surface area (Å²) in [5.74, 6) is 0. The Balaban J connectivity index is 0.000000354. The van der Waals surface area contributed by atoms with Gasteiger partial charge in [0.15, 0.2) is 0 Å². The van der Waals surface area contributed by atoms with E-state index < -0.39 is 22.9 Å². The number of fused-ring (bicyclic) bond motifs is 3. The fraction of sp³-hybridized carbons (Fsp3) is 0.273. The van der Waals surface area contributed by atoms with Crippen LogP contribution in [-0.2, 0) is 29.3 Å². The van der Waals surface area contributed by atoms with Gasteiger partial charge < -0.3 is 0 Å². The number of benzene rings is 2. The van der Waals surface area contributed by atoms with Crippen LogP contribution in [0.1, 0.15) is 44.2 Å². The molecule has 0 radical (unpaired) electrons. The van der Waals surface area contributed by atoms with E-state index in [1.54, 1.807) is 12.2 Å². The number of allylic oxidation sites excluding steroid dienone is 4. The van der Waals surface area contributed by atoms with E-state index in [-0.39, 0.29) is 0 Å². The Bertz CT molecular complexity index is 735. The molecule has 23 heavy (non-hydrogen) atoms. The Morgan fingerprint density at radius 3 is 2.43 bits per heavy atom. The van der Waals surface area contributed by atoms with Gasteiger partial charge in [0.2, 0.25) is 0 Å². The van der Waals surface area contributed by atoms with Gasteiger partial charge in [-0.15, -0.1) is 0 Å². The largest absolute Gasteiger partial charge is 0.0654 e. The average molecular weight is 467 g/mol. The fourth-order valence-corrected chi connectivity index (χ4v) is 7.65. The van der Waals surface area contributed by atoms with Crippen molar-refractivity contribution in [2.45, 2.75) is 39.5 Å². The second-order valence-electron chi connectivity index (χ2n) is 6.11. The quantitative estimate of drug-likeness (QED) is 0.440. The smallest absolute Gasteiger partial charge is 0.0564 e. The summed E-state index contributed by atoms with van der Waals surface area (Å²) in [6, 6.07) is 15.8. The van der Waals surface area contributed by atoms with Crippen LogP contribution in [0.15, 0.2) is 64.0 Å². The molecule has 1 heteroatoms. The first-order valence-corrected chi connectivity index (χ1v) is 12.3. The third-order valence-electron chi connectivity index (χ3n) is 4.42. The first-order chi connectivity index (χ1) is 11.3. The van der Waals surface area contributed by atoms with Crippen molar-refractivity contribution >= 4 is 3.32 Å². The minimum Gasteiger partial charge on any atom is -0.0654 e. The third-order valence-corrected chi connectivity index (χ3v) is 9.55. The van der Waals surface area contributed by atoms with Crippen LogP contribution in [0.4, 0.5) is 0 Å². The molecule has 0 heterocycles. The van der Waals surface area contributed by atoms with Crippen LogP contribution in [0.2, 0.25) is 0 Å². The van der Waals surface area contributed by atoms with E-state index in [0.717, 1.165) is 6.42 Å². The first-order valence-electron chi connectivity index (χ1n) is 8.66. The molecule has 4 rings (SSSR count). The van der Waals surface area contributed by atoms with E-state index in [9.17, 15) is 0 Å². The zero-order chi connectivity index (χ0) is 16.1. The van der Waals surface area contributed by atoms with Crippen LogP contribution in [0, 0.1) is 0 Å². The van der Waals surface area contributed by atoms with Crippen molar-refractivity contribution in [3.8, 4) is 11.1 Å². The van der Waals surface area contributed by atoms with E-state index >= 15 is 0 Å². The molecule has 0 fully saturated rings. The van der Waals surface area contributed by atoms with Crippen molar-refractivity contribution in [2.75, 3.05) is 0 Å². The van der Waals surface area contributed by atoms with Crippen molar-refractivity contribution in [1.82, 2.24) is 0 Å². The molecule has 0 nitrogen and oxygen atoms in total. The van der Waals surface area contributed by atoms with E-state index in [4.69, 9.17) is 0 Å². The van der Waals surface area contributed by atoms with Gasteiger partial charge in [0.25, 0.3) is 0 Å². The molecule has 0 spiro atoms. The summed E-state index contributed by atoms with van der Waals surface area (Å²) in [5, 5.41) is 0. The second-order valence-corrected chi connectivity index (χ2v) is 11.3. The SMILES string of the molecule is C1=CC[C]([Hf][c]2cccc3c2Cc2ccccc2-3)=C1.CCCC. The molecule has 2 aromatic carbocycles. The molecule has 2 aromatic rings. The van der Waals surface area contributed by atoms with E-state index in [2.05, 4.69) is 74.5 Å². The normalized spacial score (nSPS) is 13.7. The van der Waals surface area contributed by atoms with Crippen molar-refractivity contribution in [2.24, 2.45) is 0 Å². The molecule has 0 bridgehead atoms. The number of unbranched alkanes of at least 4 members (excludes halogenated alkanes) is 1. The summed E-state index contributed by atoms with van der Waals surface area (Å²) < 4.78 is 3.42. The maximum atomic E-state index is 2.38. The van der Waals surface area contributed by atoms with Gasteiger partial charge in [0.05, 0.1) is 0 Å². The monoisotopic (exact) mass is 468 g/mol. The van der Waals surface area contributed by atoms with Gasteiger partial charge in [0, 0.05) is 0 Å². The molecule has 2 aliphatic carbocycles. The molecule has 0 N–H and O–H groups in total. The molecule has 0 aliphatic heterocycles. The predicted octanol–water partition coefficient (Wildman–Crippen LogP) is 5.62. The molecule has 0 amide bonds. The minimum atomic E-state index is -0.822. The number of hydrogen-bond donors (Lipinski definition) is 0. The summed E-state index contributed by atoms with van der Waals surface area (Å²) in [6.45, 7) is 4.36. The molecule has 0 saturated heterocycles. The van der Waals surface area contributed by atoms with Crippen LogP contribution in [-0.4, -0.2) is 0 Å². The molecular formula is C22H24Hf. The molecule has 0 saturated carbocycles. The summed E-state index contributed by atoms with van der Waals surface area (Å²) in [7, 11) is 0. The van der Waals surface area contributed by atoms with Crippen molar-refractivity contribution < 1.29 is 22.9 Å². The van der Waals surface area contributed by atoms with E-state index in [1.165, 1.54) is 36.0 Å². The second kappa shape index (κ2) is 8.06. The van der Waals surface area contributed by atoms with Crippen molar-refractivity contribution in [3.05, 3.63) is 75.1 Å². The Morgan fingerprint density at radius 2 is 1.70 bits per heavy atom. The average Bonchev–Trinajstić information content (AvgIpc) is 3.23. The maximum Gasteiger partial charge on any atom is -0.0564 e. The molecule has 2 aliphatic rings. The van der Waals surface area contributed by atoms with E-state index in [0.29, 0.717) is 0 Å². The van der Waals surface area contributed by atoms with Gasteiger partial charge in [-0.25, -0.2) is 0 Å². The van der Waals surface area contributed by atoms with E-state index in [1.807, 2.05) is 0 Å². The number of hydrogen-bond acceptors (Lipinski definition) is 0. The Hall–Kier alpha value is -1.21.